The molecule has 2 unspecified atom stereocenters. The molecular weight excluding hydrogens is 1120 g/mol. The number of rotatable bonds is 16. The zero-order valence-corrected chi connectivity index (χ0v) is 52.7. The topological polar surface area (TPSA) is 87.9 Å². The molecule has 0 fully saturated rings. The Hall–Kier alpha value is -9.50. The molecule has 2 aromatic heterocycles. The Morgan fingerprint density at radius 2 is 0.767 bits per heavy atom. The van der Waals surface area contributed by atoms with Crippen molar-refractivity contribution in [1.82, 2.24) is 0 Å². The predicted molar refractivity (Wildman–Crippen MR) is 374 cm³/mol. The van der Waals surface area contributed by atoms with E-state index in [1.807, 2.05) is 47.7 Å². The third-order valence-electron chi connectivity index (χ3n) is 20.3. The Morgan fingerprint density at radius 1 is 0.367 bits per heavy atom. The van der Waals surface area contributed by atoms with Crippen LogP contribution in [0.3, 0.4) is 0 Å². The Labute approximate surface area is 527 Å². The minimum absolute atomic E-state index is 0.000951. The summed E-state index contributed by atoms with van der Waals surface area (Å²) in [5.74, 6) is -0.689. The number of carbonyl (C=O) groups is 4. The van der Waals surface area contributed by atoms with Gasteiger partial charge < -0.3 is 4.42 Å². The molecule has 16 rings (SSSR count). The van der Waals surface area contributed by atoms with Crippen molar-refractivity contribution in [2.24, 2.45) is 0 Å². The number of hydrogen-bond donors (Lipinski definition) is 0. The summed E-state index contributed by atoms with van der Waals surface area (Å²) in [6.45, 7) is 15.1. The Morgan fingerprint density at radius 3 is 1.21 bits per heavy atom. The zero-order valence-electron chi connectivity index (χ0n) is 51.8. The van der Waals surface area contributed by atoms with Crippen molar-refractivity contribution in [3.8, 4) is 21.8 Å². The van der Waals surface area contributed by atoms with Crippen LogP contribution in [0.1, 0.15) is 179 Å². The van der Waals surface area contributed by atoms with Gasteiger partial charge in [-0.05, 0) is 207 Å². The maximum absolute atomic E-state index is 15.6. The van der Waals surface area contributed by atoms with Crippen LogP contribution in [0.4, 0.5) is 11.4 Å². The number of hydrogen-bond acceptors (Lipinski definition) is 6. The van der Waals surface area contributed by atoms with Crippen LogP contribution in [0.15, 0.2) is 181 Å². The van der Waals surface area contributed by atoms with Crippen molar-refractivity contribution in [1.29, 1.82) is 0 Å². The number of furan rings is 1. The molecule has 0 saturated carbocycles. The standard InChI is InChI=1S/C82H68N2O5S/c1-8-9-10-11-17-48-29-42-70(90-48)54-31-33-60-64-37-41-68-76-66(39-35-62(74(64)76)58-25-15-23-56(54)72(58)60)80(86)84(82(68)88)78-50(45(4)5)19-13-21-52(78)47(7)28-27-46(6)51-20-12-18-49(44(2)3)77(51)83-79(85)65-38-34-61-57-24-14-22-55-53(69-26-16-43-89-69)30-32-59(71(55)57)63-36-40-67(81(83)87)75(65)73(61)63/h12-16,18-26,29-47H,8-11,17,27-28H2,1-7H3. The lowest BCUT2D eigenvalue weighted by Gasteiger charge is -2.34. The predicted octanol–water partition coefficient (Wildman–Crippen LogP) is 22.4. The first-order valence-corrected chi connectivity index (χ1v) is 33.1. The second-order valence-electron chi connectivity index (χ2n) is 26.1. The highest BCUT2D eigenvalue weighted by Gasteiger charge is 2.41. The molecule has 0 saturated heterocycles. The van der Waals surface area contributed by atoms with Gasteiger partial charge in [0.2, 0.25) is 0 Å². The van der Waals surface area contributed by atoms with Crippen LogP contribution < -0.4 is 9.80 Å². The summed E-state index contributed by atoms with van der Waals surface area (Å²) in [6, 6.07) is 58.7. The molecule has 2 aliphatic heterocycles. The van der Waals surface area contributed by atoms with Crippen LogP contribution in [-0.2, 0) is 6.42 Å². The fourth-order valence-corrected chi connectivity index (χ4v) is 16.9. The minimum atomic E-state index is -0.330. The summed E-state index contributed by atoms with van der Waals surface area (Å²) >= 11 is 1.90. The number of nitrogens with zero attached hydrogens (tertiary/aromatic N) is 2. The van der Waals surface area contributed by atoms with E-state index in [2.05, 4.69) is 182 Å². The van der Waals surface area contributed by atoms with E-state index in [0.717, 1.165) is 110 Å². The summed E-state index contributed by atoms with van der Waals surface area (Å²) in [5.41, 5.74) is 9.34. The molecule has 14 aromatic rings. The average molecular weight is 1190 g/mol. The zero-order chi connectivity index (χ0) is 61.5. The highest BCUT2D eigenvalue weighted by atomic mass is 32.1. The van der Waals surface area contributed by atoms with E-state index in [4.69, 9.17) is 4.42 Å². The molecule has 442 valence electrons. The first-order chi connectivity index (χ1) is 43.8. The molecule has 4 heterocycles. The Kier molecular flexibility index (Phi) is 13.2. The molecule has 7 nitrogen and oxygen atoms in total. The van der Waals surface area contributed by atoms with Gasteiger partial charge in [0.1, 0.15) is 5.76 Å². The van der Waals surface area contributed by atoms with Crippen molar-refractivity contribution >= 4 is 133 Å². The normalized spacial score (nSPS) is 14.4. The second kappa shape index (κ2) is 21.3. The quantitative estimate of drug-likeness (QED) is 0.0416. The largest absolute Gasteiger partial charge is 0.464 e. The number of thiophene rings is 1. The lowest BCUT2D eigenvalue weighted by molar-refractivity contribution is 0.0877. The van der Waals surface area contributed by atoms with E-state index in [-0.39, 0.29) is 47.3 Å². The van der Waals surface area contributed by atoms with Crippen molar-refractivity contribution in [3.63, 3.8) is 0 Å². The monoisotopic (exact) mass is 1190 g/mol. The first kappa shape index (κ1) is 55.8. The lowest BCUT2D eigenvalue weighted by Crippen LogP contribution is -2.42. The van der Waals surface area contributed by atoms with Gasteiger partial charge in [-0.25, -0.2) is 9.80 Å². The van der Waals surface area contributed by atoms with E-state index < -0.39 is 0 Å². The molecule has 12 aromatic carbocycles. The number of carbonyl (C=O) groups excluding carboxylic acids is 4. The average Bonchev–Trinajstić information content (AvgIpc) is 0.737. The third kappa shape index (κ3) is 8.22. The van der Waals surface area contributed by atoms with Gasteiger partial charge in [0.25, 0.3) is 23.6 Å². The summed E-state index contributed by atoms with van der Waals surface area (Å²) in [7, 11) is 0. The van der Waals surface area contributed by atoms with Crippen LogP contribution in [0.2, 0.25) is 0 Å². The van der Waals surface area contributed by atoms with Crippen LogP contribution in [-0.4, -0.2) is 23.6 Å². The SMILES string of the molecule is CCCCCCc1ccc(-c2ccc3c4ccc5c6c(ccc(c7cccc2c73)c64)C(=O)N(c2c(C(C)C)cccc2C(C)CCC(C)c2cccc(C(C)C)c2N2C(=O)c3ccc4c6cccc7c(-c8ccco8)ccc(c8ccc(c3c48)C2=O)c76)C5=O)s1. The van der Waals surface area contributed by atoms with Gasteiger partial charge >= 0.3 is 0 Å². The highest BCUT2D eigenvalue weighted by molar-refractivity contribution is 7.15. The molecule has 4 amide bonds. The fraction of sp³-hybridized carbons (Fsp3) is 0.220. The van der Waals surface area contributed by atoms with Gasteiger partial charge in [0, 0.05) is 48.3 Å². The van der Waals surface area contributed by atoms with Crippen LogP contribution >= 0.6 is 11.3 Å². The number of unbranched alkanes of at least 4 members (excludes halogenated alkanes) is 3. The molecule has 2 atom stereocenters. The van der Waals surface area contributed by atoms with Crippen molar-refractivity contribution < 1.29 is 23.6 Å². The smallest absolute Gasteiger partial charge is 0.266 e. The molecular formula is C82H68N2O5S. The Balaban J connectivity index is 0.725. The van der Waals surface area contributed by atoms with E-state index in [1.54, 1.807) is 6.26 Å². The van der Waals surface area contributed by atoms with Crippen LogP contribution in [0, 0.1) is 0 Å². The molecule has 8 heteroatoms. The third-order valence-corrected chi connectivity index (χ3v) is 21.4. The van der Waals surface area contributed by atoms with Gasteiger partial charge in [-0.1, -0.05) is 183 Å². The number of aryl methyl sites for hydroxylation is 1. The number of amides is 4. The van der Waals surface area contributed by atoms with Crippen molar-refractivity contribution in [2.45, 2.75) is 117 Å². The van der Waals surface area contributed by atoms with Gasteiger partial charge in [-0.15, -0.1) is 11.3 Å². The minimum Gasteiger partial charge on any atom is -0.464 e. The van der Waals surface area contributed by atoms with E-state index in [1.165, 1.54) is 61.6 Å². The summed E-state index contributed by atoms with van der Waals surface area (Å²) in [4.78, 5) is 67.8. The first-order valence-electron chi connectivity index (χ1n) is 32.3. The highest BCUT2D eigenvalue weighted by Crippen LogP contribution is 2.51. The van der Waals surface area contributed by atoms with Crippen LogP contribution in [0.5, 0.6) is 0 Å². The molecule has 2 aliphatic rings. The maximum atomic E-state index is 15.6. The number of fused-ring (bicyclic) bond motifs is 4. The molecule has 0 aliphatic carbocycles. The molecule has 90 heavy (non-hydrogen) atoms. The van der Waals surface area contributed by atoms with Gasteiger partial charge in [-0.3, -0.25) is 19.2 Å². The number of anilines is 2. The van der Waals surface area contributed by atoms with Gasteiger partial charge in [-0.2, -0.15) is 0 Å². The summed E-state index contributed by atoms with van der Waals surface area (Å²) in [6.07, 6.45) is 9.18. The van der Waals surface area contributed by atoms with E-state index in [9.17, 15) is 0 Å². The summed E-state index contributed by atoms with van der Waals surface area (Å²) in [5, 5.41) is 16.3. The van der Waals surface area contributed by atoms with E-state index in [0.29, 0.717) is 51.9 Å². The number of benzene rings is 12. The molecule has 0 radical (unpaired) electrons. The number of imide groups is 2. The second-order valence-corrected chi connectivity index (χ2v) is 27.3. The van der Waals surface area contributed by atoms with Gasteiger partial charge in [0.15, 0.2) is 0 Å². The number of para-hydroxylation sites is 2. The van der Waals surface area contributed by atoms with Crippen molar-refractivity contribution in [2.75, 3.05) is 9.80 Å². The van der Waals surface area contributed by atoms with E-state index >= 15 is 19.2 Å². The van der Waals surface area contributed by atoms with Gasteiger partial charge in [0.05, 0.1) is 17.6 Å². The molecule has 0 bridgehead atoms. The lowest BCUT2D eigenvalue weighted by atomic mass is 9.82. The van der Waals surface area contributed by atoms with Crippen LogP contribution in [0.25, 0.3) is 108 Å². The maximum Gasteiger partial charge on any atom is 0.266 e. The Bertz CT molecular complexity index is 5190. The molecule has 0 N–H and O–H groups in total. The molecule has 0 spiro atoms. The summed E-state index contributed by atoms with van der Waals surface area (Å²) < 4.78 is 5.89. The van der Waals surface area contributed by atoms with Crippen molar-refractivity contribution in [3.05, 3.63) is 226 Å². The fourth-order valence-electron chi connectivity index (χ4n) is 15.8.